The SMILES string of the molecule is Cl.Nc1ccc(CC(=O)N2CCCC2C(=O)Nc2cc(Cl)cc(Cl)c2)cc1. The lowest BCUT2D eigenvalue weighted by Gasteiger charge is -2.24. The Kier molecular flexibility index (Phi) is 7.36. The maximum Gasteiger partial charge on any atom is 0.247 e. The van der Waals surface area contributed by atoms with E-state index in [-0.39, 0.29) is 30.6 Å². The van der Waals surface area contributed by atoms with Crippen molar-refractivity contribution in [2.24, 2.45) is 0 Å². The topological polar surface area (TPSA) is 75.4 Å². The number of carbonyl (C=O) groups excluding carboxylic acids is 2. The molecule has 1 aliphatic heterocycles. The summed E-state index contributed by atoms with van der Waals surface area (Å²) in [6.45, 7) is 0.572. The Morgan fingerprint density at radius 2 is 1.74 bits per heavy atom. The van der Waals surface area contributed by atoms with E-state index >= 15 is 0 Å². The van der Waals surface area contributed by atoms with Crippen LogP contribution >= 0.6 is 35.6 Å². The molecule has 1 heterocycles. The van der Waals surface area contributed by atoms with E-state index in [1.165, 1.54) is 0 Å². The van der Waals surface area contributed by atoms with Gasteiger partial charge in [0.25, 0.3) is 0 Å². The number of nitrogens with two attached hydrogens (primary N) is 1. The summed E-state index contributed by atoms with van der Waals surface area (Å²) in [5.41, 5.74) is 7.71. The van der Waals surface area contributed by atoms with Crippen LogP contribution in [0.1, 0.15) is 18.4 Å². The first-order valence-corrected chi connectivity index (χ1v) is 9.09. The molecule has 27 heavy (non-hydrogen) atoms. The van der Waals surface area contributed by atoms with E-state index in [1.54, 1.807) is 35.2 Å². The van der Waals surface area contributed by atoms with Crippen molar-refractivity contribution >= 4 is 58.8 Å². The number of carbonyl (C=O) groups is 2. The molecule has 0 spiro atoms. The fourth-order valence-electron chi connectivity index (χ4n) is 3.10. The lowest BCUT2D eigenvalue weighted by Crippen LogP contribution is -2.43. The number of halogens is 3. The molecule has 0 aromatic heterocycles. The second kappa shape index (κ2) is 9.31. The molecule has 2 aromatic carbocycles. The normalized spacial score (nSPS) is 15.9. The minimum Gasteiger partial charge on any atom is -0.399 e. The third kappa shape index (κ3) is 5.51. The van der Waals surface area contributed by atoms with Gasteiger partial charge in [-0.25, -0.2) is 0 Å². The molecule has 1 aliphatic rings. The van der Waals surface area contributed by atoms with Gasteiger partial charge in [-0.05, 0) is 48.7 Å². The van der Waals surface area contributed by atoms with Crippen LogP contribution in [-0.2, 0) is 16.0 Å². The highest BCUT2D eigenvalue weighted by atomic mass is 35.5. The van der Waals surface area contributed by atoms with Crippen LogP contribution in [0.4, 0.5) is 11.4 Å². The lowest BCUT2D eigenvalue weighted by atomic mass is 10.1. The molecule has 0 bridgehead atoms. The van der Waals surface area contributed by atoms with E-state index in [1.807, 2.05) is 12.1 Å². The lowest BCUT2D eigenvalue weighted by molar-refractivity contribution is -0.136. The zero-order valence-electron chi connectivity index (χ0n) is 14.5. The van der Waals surface area contributed by atoms with E-state index in [0.717, 1.165) is 12.0 Å². The fraction of sp³-hybridized carbons (Fsp3) is 0.263. The van der Waals surface area contributed by atoms with Crippen molar-refractivity contribution in [2.45, 2.75) is 25.3 Å². The Bertz CT molecular complexity index is 807. The maximum atomic E-state index is 12.6. The van der Waals surface area contributed by atoms with Crippen molar-refractivity contribution in [3.8, 4) is 0 Å². The molecule has 2 aromatic rings. The fourth-order valence-corrected chi connectivity index (χ4v) is 3.63. The monoisotopic (exact) mass is 427 g/mol. The average molecular weight is 429 g/mol. The van der Waals surface area contributed by atoms with Crippen molar-refractivity contribution in [1.82, 2.24) is 4.90 Å². The minimum absolute atomic E-state index is 0. The minimum atomic E-state index is -0.492. The number of nitrogens with zero attached hydrogens (tertiary/aromatic N) is 1. The molecule has 1 atom stereocenters. The van der Waals surface area contributed by atoms with Crippen LogP contribution < -0.4 is 11.1 Å². The highest BCUT2D eigenvalue weighted by Gasteiger charge is 2.34. The molecule has 5 nitrogen and oxygen atoms in total. The summed E-state index contributed by atoms with van der Waals surface area (Å²) < 4.78 is 0. The summed E-state index contributed by atoms with van der Waals surface area (Å²) in [7, 11) is 0. The highest BCUT2D eigenvalue weighted by Crippen LogP contribution is 2.25. The molecule has 3 N–H and O–H groups in total. The Balaban J connectivity index is 0.00000261. The van der Waals surface area contributed by atoms with Crippen molar-refractivity contribution in [1.29, 1.82) is 0 Å². The number of hydrogen-bond donors (Lipinski definition) is 2. The van der Waals surface area contributed by atoms with Crippen LogP contribution in [0, 0.1) is 0 Å². The average Bonchev–Trinajstić information content (AvgIpc) is 3.06. The molecule has 144 valence electrons. The van der Waals surface area contributed by atoms with Crippen molar-refractivity contribution in [2.75, 3.05) is 17.6 Å². The smallest absolute Gasteiger partial charge is 0.247 e. The molecular weight excluding hydrogens is 409 g/mol. The molecule has 8 heteroatoms. The Hall–Kier alpha value is -1.95. The summed E-state index contributed by atoms with van der Waals surface area (Å²) in [5.74, 6) is -0.303. The van der Waals surface area contributed by atoms with Gasteiger partial charge in [0.2, 0.25) is 11.8 Å². The molecule has 1 saturated heterocycles. The van der Waals surface area contributed by atoms with Crippen LogP contribution in [0.25, 0.3) is 0 Å². The molecule has 2 amide bonds. The molecule has 0 aliphatic carbocycles. The third-order valence-electron chi connectivity index (χ3n) is 4.34. The molecule has 0 radical (unpaired) electrons. The van der Waals surface area contributed by atoms with Gasteiger partial charge in [0.05, 0.1) is 6.42 Å². The molecule has 1 unspecified atom stereocenters. The summed E-state index contributed by atoms with van der Waals surface area (Å²) in [4.78, 5) is 26.9. The van der Waals surface area contributed by atoms with E-state index in [4.69, 9.17) is 28.9 Å². The Morgan fingerprint density at radius 3 is 2.37 bits per heavy atom. The molecule has 0 saturated carbocycles. The van der Waals surface area contributed by atoms with Crippen LogP contribution in [0.3, 0.4) is 0 Å². The predicted molar refractivity (Wildman–Crippen MR) is 112 cm³/mol. The van der Waals surface area contributed by atoms with Gasteiger partial charge in [0.1, 0.15) is 6.04 Å². The highest BCUT2D eigenvalue weighted by molar-refractivity contribution is 6.35. The molecule has 3 rings (SSSR count). The summed E-state index contributed by atoms with van der Waals surface area (Å²) in [6.07, 6.45) is 1.67. The van der Waals surface area contributed by atoms with Gasteiger partial charge in [-0.1, -0.05) is 35.3 Å². The van der Waals surface area contributed by atoms with Gasteiger partial charge in [0, 0.05) is 28.0 Å². The number of likely N-dealkylation sites (tertiary alicyclic amines) is 1. The van der Waals surface area contributed by atoms with Gasteiger partial charge in [0.15, 0.2) is 0 Å². The van der Waals surface area contributed by atoms with Crippen molar-refractivity contribution in [3.63, 3.8) is 0 Å². The summed E-state index contributed by atoms with van der Waals surface area (Å²) in [5, 5.41) is 3.68. The van der Waals surface area contributed by atoms with E-state index in [9.17, 15) is 9.59 Å². The first kappa shape index (κ1) is 21.4. The van der Waals surface area contributed by atoms with Crippen LogP contribution in [0.15, 0.2) is 42.5 Å². The van der Waals surface area contributed by atoms with Gasteiger partial charge >= 0.3 is 0 Å². The quantitative estimate of drug-likeness (QED) is 0.718. The van der Waals surface area contributed by atoms with Gasteiger partial charge in [-0.3, -0.25) is 9.59 Å². The molecule has 1 fully saturated rings. The van der Waals surface area contributed by atoms with E-state index < -0.39 is 6.04 Å². The zero-order valence-corrected chi connectivity index (χ0v) is 16.8. The number of nitrogen functional groups attached to an aromatic ring is 1. The first-order valence-electron chi connectivity index (χ1n) is 8.33. The predicted octanol–water partition coefficient (Wildman–Crippen LogP) is 4.17. The van der Waals surface area contributed by atoms with Crippen molar-refractivity contribution < 1.29 is 9.59 Å². The Labute approximate surface area is 174 Å². The van der Waals surface area contributed by atoms with E-state index in [2.05, 4.69) is 5.32 Å². The van der Waals surface area contributed by atoms with E-state index in [0.29, 0.717) is 34.4 Å². The second-order valence-electron chi connectivity index (χ2n) is 6.31. The summed E-state index contributed by atoms with van der Waals surface area (Å²) >= 11 is 11.9. The second-order valence-corrected chi connectivity index (χ2v) is 7.18. The Morgan fingerprint density at radius 1 is 1.11 bits per heavy atom. The number of nitrogens with one attached hydrogen (secondary N) is 1. The number of anilines is 2. The van der Waals surface area contributed by atoms with Gasteiger partial charge < -0.3 is 16.0 Å². The first-order chi connectivity index (χ1) is 12.4. The molecular formula is C19H20Cl3N3O2. The third-order valence-corrected chi connectivity index (χ3v) is 4.78. The summed E-state index contributed by atoms with van der Waals surface area (Å²) in [6, 6.07) is 11.5. The standard InChI is InChI=1S/C19H19Cl2N3O2.ClH/c20-13-9-14(21)11-16(10-13)23-19(26)17-2-1-7-24(17)18(25)8-12-3-5-15(22)6-4-12;/h3-6,9-11,17H,1-2,7-8,22H2,(H,23,26);1H. The van der Waals surface area contributed by atoms with Crippen molar-refractivity contribution in [3.05, 3.63) is 58.1 Å². The maximum absolute atomic E-state index is 12.6. The zero-order chi connectivity index (χ0) is 18.7. The van der Waals surface area contributed by atoms with Gasteiger partial charge in [-0.15, -0.1) is 12.4 Å². The van der Waals surface area contributed by atoms with Crippen LogP contribution in [0.5, 0.6) is 0 Å². The number of amides is 2. The number of benzene rings is 2. The number of rotatable bonds is 4. The van der Waals surface area contributed by atoms with Crippen LogP contribution in [-0.4, -0.2) is 29.3 Å². The number of hydrogen-bond acceptors (Lipinski definition) is 3. The largest absolute Gasteiger partial charge is 0.399 e. The van der Waals surface area contributed by atoms with Gasteiger partial charge in [-0.2, -0.15) is 0 Å². The van der Waals surface area contributed by atoms with Crippen LogP contribution in [0.2, 0.25) is 10.0 Å².